The summed E-state index contributed by atoms with van der Waals surface area (Å²) in [5.74, 6) is 0.356. The lowest BCUT2D eigenvalue weighted by molar-refractivity contribution is -0.00301. The summed E-state index contributed by atoms with van der Waals surface area (Å²) in [6.07, 6.45) is 5.05. The number of piperidine rings is 1. The van der Waals surface area contributed by atoms with Crippen molar-refractivity contribution >= 4 is 5.91 Å². The molecule has 4 nitrogen and oxygen atoms in total. The number of aryl methyl sites for hydroxylation is 1. The van der Waals surface area contributed by atoms with Gasteiger partial charge in [0.1, 0.15) is 6.26 Å². The molecule has 1 saturated heterocycles. The van der Waals surface area contributed by atoms with Crippen LogP contribution in [0.25, 0.3) is 0 Å². The first kappa shape index (κ1) is 15.8. The largest absolute Gasteiger partial charge is 0.472 e. The molecule has 3 rings (SSSR count). The van der Waals surface area contributed by atoms with E-state index in [0.717, 1.165) is 25.9 Å². The average molecular weight is 313 g/mol. The molecule has 122 valence electrons. The van der Waals surface area contributed by atoms with Gasteiger partial charge in [-0.2, -0.15) is 0 Å². The average Bonchev–Trinajstić information content (AvgIpc) is 3.08. The molecule has 2 atom stereocenters. The van der Waals surface area contributed by atoms with Crippen LogP contribution in [-0.2, 0) is 11.2 Å². The second-order valence-electron chi connectivity index (χ2n) is 6.28. The standard InChI is InChI=1S/C19H23NO3/c1-14-4-3-5-15(10-14)11-17-12-20(8-6-18(17)22-2)19(21)16-7-9-23-13-16/h3-5,7,9-10,13,17-18H,6,8,11-12H2,1-2H3/t17-,18+/m0/s1. The molecule has 0 radical (unpaired) electrons. The Hall–Kier alpha value is -2.07. The number of ether oxygens (including phenoxy) is 1. The van der Waals surface area contributed by atoms with E-state index in [0.29, 0.717) is 11.5 Å². The molecular weight excluding hydrogens is 290 g/mol. The summed E-state index contributed by atoms with van der Waals surface area (Å²) >= 11 is 0. The van der Waals surface area contributed by atoms with Crippen molar-refractivity contribution in [1.29, 1.82) is 0 Å². The summed E-state index contributed by atoms with van der Waals surface area (Å²) in [5, 5.41) is 0. The molecule has 23 heavy (non-hydrogen) atoms. The lowest BCUT2D eigenvalue weighted by atomic mass is 9.88. The molecule has 0 saturated carbocycles. The smallest absolute Gasteiger partial charge is 0.257 e. The third-order valence-electron chi connectivity index (χ3n) is 4.60. The predicted octanol–water partition coefficient (Wildman–Crippen LogP) is 3.31. The zero-order valence-corrected chi connectivity index (χ0v) is 13.7. The number of methoxy groups -OCH3 is 1. The molecular formula is C19H23NO3. The Morgan fingerprint density at radius 3 is 2.96 bits per heavy atom. The van der Waals surface area contributed by atoms with Gasteiger partial charge in [-0.25, -0.2) is 0 Å². The van der Waals surface area contributed by atoms with E-state index < -0.39 is 0 Å². The first-order valence-corrected chi connectivity index (χ1v) is 8.07. The molecule has 0 aliphatic carbocycles. The third kappa shape index (κ3) is 3.64. The fraction of sp³-hybridized carbons (Fsp3) is 0.421. The molecule has 0 spiro atoms. The van der Waals surface area contributed by atoms with E-state index in [1.165, 1.54) is 17.4 Å². The van der Waals surface area contributed by atoms with Gasteiger partial charge < -0.3 is 14.1 Å². The number of carbonyl (C=O) groups excluding carboxylic acids is 1. The summed E-state index contributed by atoms with van der Waals surface area (Å²) < 4.78 is 10.7. The van der Waals surface area contributed by atoms with Crippen LogP contribution in [-0.4, -0.2) is 37.1 Å². The first-order chi connectivity index (χ1) is 11.2. The quantitative estimate of drug-likeness (QED) is 0.870. The molecule has 0 N–H and O–H groups in total. The van der Waals surface area contributed by atoms with Crippen molar-refractivity contribution < 1.29 is 13.9 Å². The monoisotopic (exact) mass is 313 g/mol. The number of hydrogen-bond donors (Lipinski definition) is 0. The van der Waals surface area contributed by atoms with Gasteiger partial charge in [0.15, 0.2) is 0 Å². The van der Waals surface area contributed by atoms with Crippen molar-refractivity contribution in [3.63, 3.8) is 0 Å². The Labute approximate surface area is 137 Å². The maximum absolute atomic E-state index is 12.5. The lowest BCUT2D eigenvalue weighted by Gasteiger charge is -2.38. The zero-order chi connectivity index (χ0) is 16.2. The van der Waals surface area contributed by atoms with Gasteiger partial charge >= 0.3 is 0 Å². The minimum absolute atomic E-state index is 0.0440. The van der Waals surface area contributed by atoms with Crippen LogP contribution in [0.1, 0.15) is 27.9 Å². The van der Waals surface area contributed by atoms with E-state index in [4.69, 9.17) is 9.15 Å². The number of rotatable bonds is 4. The highest BCUT2D eigenvalue weighted by molar-refractivity contribution is 5.93. The van der Waals surface area contributed by atoms with Gasteiger partial charge in [0.05, 0.1) is 17.9 Å². The van der Waals surface area contributed by atoms with Crippen molar-refractivity contribution in [3.05, 3.63) is 59.5 Å². The van der Waals surface area contributed by atoms with Crippen LogP contribution >= 0.6 is 0 Å². The third-order valence-corrected chi connectivity index (χ3v) is 4.60. The van der Waals surface area contributed by atoms with Gasteiger partial charge in [-0.1, -0.05) is 29.8 Å². The minimum Gasteiger partial charge on any atom is -0.472 e. The molecule has 2 aromatic rings. The number of likely N-dealkylation sites (tertiary alicyclic amines) is 1. The Bertz CT molecular complexity index is 650. The Morgan fingerprint density at radius 1 is 1.39 bits per heavy atom. The summed E-state index contributed by atoms with van der Waals surface area (Å²) in [7, 11) is 1.77. The van der Waals surface area contributed by atoms with Crippen molar-refractivity contribution in [1.82, 2.24) is 4.90 Å². The maximum atomic E-state index is 12.5. The molecule has 1 aromatic carbocycles. The van der Waals surface area contributed by atoms with E-state index in [1.807, 2.05) is 4.90 Å². The van der Waals surface area contributed by atoms with Gasteiger partial charge in [-0.15, -0.1) is 0 Å². The fourth-order valence-electron chi connectivity index (χ4n) is 3.41. The highest BCUT2D eigenvalue weighted by Crippen LogP contribution is 2.25. The summed E-state index contributed by atoms with van der Waals surface area (Å²) in [5.41, 5.74) is 3.18. The summed E-state index contributed by atoms with van der Waals surface area (Å²) in [6, 6.07) is 10.3. The molecule has 4 heteroatoms. The molecule has 1 aliphatic rings. The van der Waals surface area contributed by atoms with Crippen molar-refractivity contribution in [2.45, 2.75) is 25.9 Å². The van der Waals surface area contributed by atoms with Crippen LogP contribution < -0.4 is 0 Å². The zero-order valence-electron chi connectivity index (χ0n) is 13.7. The van der Waals surface area contributed by atoms with Crippen molar-refractivity contribution in [2.24, 2.45) is 5.92 Å². The maximum Gasteiger partial charge on any atom is 0.257 e. The second-order valence-corrected chi connectivity index (χ2v) is 6.28. The second kappa shape index (κ2) is 7.01. The number of benzene rings is 1. The Balaban J connectivity index is 1.72. The minimum atomic E-state index is 0.0440. The molecule has 0 bridgehead atoms. The van der Waals surface area contributed by atoms with Crippen LogP contribution in [0.5, 0.6) is 0 Å². The first-order valence-electron chi connectivity index (χ1n) is 8.07. The van der Waals surface area contributed by atoms with E-state index in [9.17, 15) is 4.79 Å². The van der Waals surface area contributed by atoms with E-state index >= 15 is 0 Å². The highest BCUT2D eigenvalue weighted by Gasteiger charge is 2.32. The number of nitrogens with zero attached hydrogens (tertiary/aromatic N) is 1. The van der Waals surface area contributed by atoms with Crippen LogP contribution in [0, 0.1) is 12.8 Å². The Kier molecular flexibility index (Phi) is 4.82. The van der Waals surface area contributed by atoms with Gasteiger partial charge in [0.2, 0.25) is 0 Å². The van der Waals surface area contributed by atoms with E-state index in [1.54, 1.807) is 19.4 Å². The predicted molar refractivity (Wildman–Crippen MR) is 88.4 cm³/mol. The topological polar surface area (TPSA) is 42.7 Å². The van der Waals surface area contributed by atoms with Crippen LogP contribution in [0.15, 0.2) is 47.3 Å². The molecule has 1 fully saturated rings. The van der Waals surface area contributed by atoms with Crippen LogP contribution in [0.2, 0.25) is 0 Å². The van der Waals surface area contributed by atoms with Crippen LogP contribution in [0.4, 0.5) is 0 Å². The van der Waals surface area contributed by atoms with E-state index in [2.05, 4.69) is 31.2 Å². The van der Waals surface area contributed by atoms with Crippen LogP contribution in [0.3, 0.4) is 0 Å². The van der Waals surface area contributed by atoms with Crippen molar-refractivity contribution in [3.8, 4) is 0 Å². The molecule has 2 heterocycles. The molecule has 0 unspecified atom stereocenters. The van der Waals surface area contributed by atoms with Gasteiger partial charge in [0, 0.05) is 26.1 Å². The molecule has 1 amide bonds. The SMILES string of the molecule is CO[C@@H]1CCN(C(=O)c2ccoc2)C[C@@H]1Cc1cccc(C)c1. The van der Waals surface area contributed by atoms with E-state index in [-0.39, 0.29) is 12.0 Å². The van der Waals surface area contributed by atoms with Gasteiger partial charge in [-0.05, 0) is 31.4 Å². The molecule has 1 aliphatic heterocycles. The number of furan rings is 1. The number of hydrogen-bond acceptors (Lipinski definition) is 3. The normalized spacial score (nSPS) is 21.4. The van der Waals surface area contributed by atoms with Crippen molar-refractivity contribution in [2.75, 3.05) is 20.2 Å². The Morgan fingerprint density at radius 2 is 2.26 bits per heavy atom. The molecule has 1 aromatic heterocycles. The summed E-state index contributed by atoms with van der Waals surface area (Å²) in [4.78, 5) is 14.5. The van der Waals surface area contributed by atoms with Gasteiger partial charge in [0.25, 0.3) is 5.91 Å². The number of carbonyl (C=O) groups is 1. The lowest BCUT2D eigenvalue weighted by Crippen LogP contribution is -2.47. The highest BCUT2D eigenvalue weighted by atomic mass is 16.5. The fourth-order valence-corrected chi connectivity index (χ4v) is 3.41. The number of amides is 1. The van der Waals surface area contributed by atoms with Gasteiger partial charge in [-0.3, -0.25) is 4.79 Å². The summed E-state index contributed by atoms with van der Waals surface area (Å²) in [6.45, 7) is 3.55.